The predicted octanol–water partition coefficient (Wildman–Crippen LogP) is 6.50. The van der Waals surface area contributed by atoms with Crippen LogP contribution in [-0.4, -0.2) is 64.2 Å². The Hall–Kier alpha value is -5.78. The molecule has 248 valence electrons. The molecule has 6 N–H and O–H groups in total. The summed E-state index contributed by atoms with van der Waals surface area (Å²) in [5, 5.41) is 38.5. The zero-order chi connectivity index (χ0) is 34.9. The number of carboxylic acid groups (broad SMARTS) is 4. The molecule has 8 bridgehead atoms. The van der Waals surface area contributed by atoms with E-state index in [0.717, 1.165) is 33.3 Å². The fourth-order valence-electron chi connectivity index (χ4n) is 6.33. The molecule has 5 heterocycles. The van der Waals surface area contributed by atoms with Gasteiger partial charge in [0.05, 0.1) is 29.2 Å². The van der Waals surface area contributed by atoms with Crippen molar-refractivity contribution in [2.75, 3.05) is 0 Å². The number of hydrogen-bond acceptors (Lipinski definition) is 6. The third-order valence-electron chi connectivity index (χ3n) is 8.85. The largest absolute Gasteiger partial charge is 0.481 e. The van der Waals surface area contributed by atoms with Crippen LogP contribution in [0.3, 0.4) is 0 Å². The van der Waals surface area contributed by atoms with Crippen molar-refractivity contribution in [1.29, 1.82) is 0 Å². The van der Waals surface area contributed by atoms with Crippen molar-refractivity contribution in [3.05, 3.63) is 75.9 Å². The second kappa shape index (κ2) is 13.5. The van der Waals surface area contributed by atoms with Crippen molar-refractivity contribution in [1.82, 2.24) is 19.9 Å². The lowest BCUT2D eigenvalue weighted by atomic mass is 9.98. The topological polar surface area (TPSA) is 207 Å². The van der Waals surface area contributed by atoms with E-state index in [-0.39, 0.29) is 38.5 Å². The Bertz CT molecular complexity index is 2130. The van der Waals surface area contributed by atoms with E-state index in [1.807, 2.05) is 32.9 Å². The second-order valence-corrected chi connectivity index (χ2v) is 11.9. The fourth-order valence-corrected chi connectivity index (χ4v) is 6.33. The summed E-state index contributed by atoms with van der Waals surface area (Å²) in [4.78, 5) is 63.5. The van der Waals surface area contributed by atoms with Gasteiger partial charge in [0.1, 0.15) is 0 Å². The molecule has 12 heteroatoms. The predicted molar refractivity (Wildman–Crippen MR) is 182 cm³/mol. The lowest BCUT2D eigenvalue weighted by molar-refractivity contribution is -0.137. The summed E-state index contributed by atoms with van der Waals surface area (Å²) in [5.74, 6) is -4.13. The van der Waals surface area contributed by atoms with Gasteiger partial charge in [-0.1, -0.05) is 12.7 Å². The van der Waals surface area contributed by atoms with E-state index in [9.17, 15) is 39.6 Å². The number of nitrogens with zero attached hydrogens (tertiary/aromatic N) is 2. The summed E-state index contributed by atoms with van der Waals surface area (Å²) >= 11 is 0. The average molecular weight is 653 g/mol. The number of H-pyrrole nitrogens is 2. The molecule has 0 atom stereocenters. The number of aliphatic carboxylic acids is 4. The molecule has 0 spiro atoms. The highest BCUT2D eigenvalue weighted by atomic mass is 16.4. The molecule has 0 amide bonds. The molecule has 0 aliphatic carbocycles. The molecule has 0 radical (unpaired) electrons. The molecule has 0 aromatic carbocycles. The SMILES string of the molecule is C=Cc1c(C)c2cc3nc(cc4[nH]c(cc5nc(cc1[nH]2)C(C)=C5CCC(=O)O)c(CC(=O)O)c4CCC(=O)O)C(CCC(=O)O)=C3C. The first-order valence-corrected chi connectivity index (χ1v) is 15.4. The number of aromatic amines is 2. The minimum absolute atomic E-state index is 0.0180. The Balaban J connectivity index is 1.97. The molecule has 3 aromatic rings. The number of allylic oxidation sites excluding steroid dienone is 4. The summed E-state index contributed by atoms with van der Waals surface area (Å²) in [6.07, 6.45) is 1.15. The van der Waals surface area contributed by atoms with Crippen molar-refractivity contribution < 1.29 is 39.6 Å². The van der Waals surface area contributed by atoms with Gasteiger partial charge in [0.25, 0.3) is 0 Å². The molecule has 5 rings (SSSR count). The van der Waals surface area contributed by atoms with E-state index in [0.29, 0.717) is 56.1 Å². The van der Waals surface area contributed by atoms with Gasteiger partial charge in [-0.25, -0.2) is 9.97 Å². The maximum absolute atomic E-state index is 12.1. The molecule has 3 aromatic heterocycles. The molecule has 0 saturated heterocycles. The third-order valence-corrected chi connectivity index (χ3v) is 8.85. The first kappa shape index (κ1) is 33.6. The highest BCUT2D eigenvalue weighted by Crippen LogP contribution is 2.37. The maximum atomic E-state index is 12.1. The fraction of sp³-hybridized carbons (Fsp3) is 0.278. The zero-order valence-corrected chi connectivity index (χ0v) is 26.9. The molecular weight excluding hydrogens is 616 g/mol. The number of aryl methyl sites for hydroxylation is 2. The van der Waals surface area contributed by atoms with E-state index in [1.54, 1.807) is 18.2 Å². The summed E-state index contributed by atoms with van der Waals surface area (Å²) in [5.41, 5.74) is 9.99. The smallest absolute Gasteiger partial charge is 0.307 e. The Morgan fingerprint density at radius 1 is 0.625 bits per heavy atom. The van der Waals surface area contributed by atoms with Crippen LogP contribution in [0, 0.1) is 6.92 Å². The number of carbonyl (C=O) groups is 4. The van der Waals surface area contributed by atoms with Crippen LogP contribution >= 0.6 is 0 Å². The molecule has 0 unspecified atom stereocenters. The van der Waals surface area contributed by atoms with Crippen LogP contribution in [0.25, 0.3) is 50.4 Å². The van der Waals surface area contributed by atoms with Gasteiger partial charge in [-0.15, -0.1) is 0 Å². The number of carboxylic acids is 4. The van der Waals surface area contributed by atoms with E-state index >= 15 is 0 Å². The van der Waals surface area contributed by atoms with Gasteiger partial charge in [-0.3, -0.25) is 19.2 Å². The number of hydrogen-bond donors (Lipinski definition) is 6. The lowest BCUT2D eigenvalue weighted by Crippen LogP contribution is -2.04. The Labute approximate surface area is 275 Å². The van der Waals surface area contributed by atoms with Crippen molar-refractivity contribution in [3.8, 4) is 0 Å². The molecule has 2 aliphatic heterocycles. The monoisotopic (exact) mass is 652 g/mol. The molecule has 48 heavy (non-hydrogen) atoms. The zero-order valence-electron chi connectivity index (χ0n) is 26.9. The highest BCUT2D eigenvalue weighted by Gasteiger charge is 2.23. The van der Waals surface area contributed by atoms with Gasteiger partial charge in [-0.2, -0.15) is 0 Å². The van der Waals surface area contributed by atoms with Gasteiger partial charge in [0, 0.05) is 46.9 Å². The standard InChI is InChI=1S/C36H36N4O8/c1-5-20-17(2)25-13-26-18(3)21(6-9-33(41)42)29(38-26)15-31-23(8-11-35(45)46)24(12-36(47)48)32(40-31)16-30-22(7-10-34(43)44)19(4)27(39-30)14-28(20)37-25/h5,13-16,37,40H,1,6-12H2,2-4H3,(H,41,42)(H,43,44)(H,45,46)(H,47,48). The van der Waals surface area contributed by atoms with Crippen molar-refractivity contribution in [2.45, 2.75) is 65.7 Å². The number of aromatic nitrogens is 4. The van der Waals surface area contributed by atoms with E-state index in [1.165, 1.54) is 0 Å². The summed E-state index contributed by atoms with van der Waals surface area (Å²) < 4.78 is 0. The Kier molecular flexibility index (Phi) is 9.46. The van der Waals surface area contributed by atoms with Crippen LogP contribution in [0.5, 0.6) is 0 Å². The first-order chi connectivity index (χ1) is 22.8. The third kappa shape index (κ3) is 6.82. The van der Waals surface area contributed by atoms with Gasteiger partial charge < -0.3 is 30.4 Å². The summed E-state index contributed by atoms with van der Waals surface area (Å²) in [6, 6.07) is 7.14. The van der Waals surface area contributed by atoms with E-state index < -0.39 is 30.3 Å². The first-order valence-electron chi connectivity index (χ1n) is 15.4. The quantitative estimate of drug-likeness (QED) is 0.125. The van der Waals surface area contributed by atoms with Gasteiger partial charge >= 0.3 is 23.9 Å². The molecule has 12 nitrogen and oxygen atoms in total. The number of fused-ring (bicyclic) bond motifs is 8. The lowest BCUT2D eigenvalue weighted by Gasteiger charge is -2.04. The molecular formula is C36H36N4O8. The van der Waals surface area contributed by atoms with Crippen LogP contribution in [0.4, 0.5) is 0 Å². The van der Waals surface area contributed by atoms with Crippen LogP contribution in [0.1, 0.15) is 91.0 Å². The van der Waals surface area contributed by atoms with Gasteiger partial charge in [0.15, 0.2) is 0 Å². The van der Waals surface area contributed by atoms with Gasteiger partial charge in [-0.05, 0) is 103 Å². The van der Waals surface area contributed by atoms with Crippen molar-refractivity contribution in [2.24, 2.45) is 0 Å². The highest BCUT2D eigenvalue weighted by molar-refractivity contribution is 5.96. The Morgan fingerprint density at radius 2 is 1.06 bits per heavy atom. The second-order valence-electron chi connectivity index (χ2n) is 11.9. The number of nitrogens with one attached hydrogen (secondary N) is 2. The normalized spacial score (nSPS) is 12.8. The van der Waals surface area contributed by atoms with Crippen LogP contribution in [0.2, 0.25) is 0 Å². The van der Waals surface area contributed by atoms with E-state index in [4.69, 9.17) is 9.97 Å². The molecule has 0 fully saturated rings. The summed E-state index contributed by atoms with van der Waals surface area (Å²) in [6.45, 7) is 9.68. The Morgan fingerprint density at radius 3 is 1.54 bits per heavy atom. The number of rotatable bonds is 12. The molecule has 0 saturated carbocycles. The minimum atomic E-state index is -1.12. The van der Waals surface area contributed by atoms with Crippen molar-refractivity contribution >= 4 is 74.3 Å². The van der Waals surface area contributed by atoms with Crippen molar-refractivity contribution in [3.63, 3.8) is 0 Å². The van der Waals surface area contributed by atoms with Crippen LogP contribution in [-0.2, 0) is 32.0 Å². The van der Waals surface area contributed by atoms with Gasteiger partial charge in [0.2, 0.25) is 0 Å². The molecule has 2 aliphatic rings. The maximum Gasteiger partial charge on any atom is 0.307 e. The minimum Gasteiger partial charge on any atom is -0.481 e. The van der Waals surface area contributed by atoms with E-state index in [2.05, 4.69) is 16.5 Å². The van der Waals surface area contributed by atoms with Crippen LogP contribution < -0.4 is 0 Å². The van der Waals surface area contributed by atoms with Crippen LogP contribution in [0.15, 0.2) is 30.8 Å². The summed E-state index contributed by atoms with van der Waals surface area (Å²) in [7, 11) is 0. The average Bonchev–Trinajstić information content (AvgIpc) is 3.67.